The number of hydrogen-bond acceptors (Lipinski definition) is 4. The molecule has 0 heterocycles. The SMILES string of the molecule is COc1cccc(C(=O)N/N=C/c2ccc(OC(C)C)cc2)c1. The molecule has 0 radical (unpaired) electrons. The van der Waals surface area contributed by atoms with Crippen LogP contribution in [0.3, 0.4) is 0 Å². The number of carbonyl (C=O) groups is 1. The number of carbonyl (C=O) groups excluding carboxylic acids is 1. The molecule has 0 aliphatic heterocycles. The van der Waals surface area contributed by atoms with Crippen molar-refractivity contribution in [1.82, 2.24) is 5.43 Å². The van der Waals surface area contributed by atoms with Gasteiger partial charge in [0.1, 0.15) is 11.5 Å². The van der Waals surface area contributed by atoms with Gasteiger partial charge >= 0.3 is 0 Å². The van der Waals surface area contributed by atoms with Gasteiger partial charge < -0.3 is 9.47 Å². The summed E-state index contributed by atoms with van der Waals surface area (Å²) >= 11 is 0. The molecular formula is C18H20N2O3. The average molecular weight is 312 g/mol. The Labute approximate surface area is 135 Å². The Kier molecular flexibility index (Phi) is 5.74. The fourth-order valence-corrected chi connectivity index (χ4v) is 1.90. The van der Waals surface area contributed by atoms with Gasteiger partial charge in [-0.1, -0.05) is 6.07 Å². The molecule has 5 nitrogen and oxygen atoms in total. The van der Waals surface area contributed by atoms with E-state index in [1.54, 1.807) is 37.6 Å². The van der Waals surface area contributed by atoms with E-state index in [0.717, 1.165) is 11.3 Å². The molecule has 0 aliphatic carbocycles. The third-order valence-corrected chi connectivity index (χ3v) is 2.96. The first kappa shape index (κ1) is 16.5. The van der Waals surface area contributed by atoms with Crippen LogP contribution >= 0.6 is 0 Å². The van der Waals surface area contributed by atoms with Crippen LogP contribution < -0.4 is 14.9 Å². The van der Waals surface area contributed by atoms with Gasteiger partial charge in [0.25, 0.3) is 5.91 Å². The van der Waals surface area contributed by atoms with E-state index in [1.165, 1.54) is 0 Å². The molecule has 0 aliphatic rings. The van der Waals surface area contributed by atoms with Crippen molar-refractivity contribution in [2.75, 3.05) is 7.11 Å². The highest BCUT2D eigenvalue weighted by atomic mass is 16.5. The molecule has 2 rings (SSSR count). The Bertz CT molecular complexity index is 679. The maximum Gasteiger partial charge on any atom is 0.271 e. The Morgan fingerprint density at radius 3 is 2.52 bits per heavy atom. The molecule has 2 aromatic rings. The number of amides is 1. The summed E-state index contributed by atoms with van der Waals surface area (Å²) in [6.45, 7) is 3.95. The highest BCUT2D eigenvalue weighted by Gasteiger charge is 2.04. The number of methoxy groups -OCH3 is 1. The zero-order valence-electron chi connectivity index (χ0n) is 13.4. The molecule has 23 heavy (non-hydrogen) atoms. The van der Waals surface area contributed by atoms with Crippen LogP contribution in [0.15, 0.2) is 53.6 Å². The summed E-state index contributed by atoms with van der Waals surface area (Å²) in [6, 6.07) is 14.4. The predicted octanol–water partition coefficient (Wildman–Crippen LogP) is 3.25. The maximum absolute atomic E-state index is 12.0. The van der Waals surface area contributed by atoms with Gasteiger partial charge in [0.05, 0.1) is 19.4 Å². The van der Waals surface area contributed by atoms with E-state index in [2.05, 4.69) is 10.5 Å². The van der Waals surface area contributed by atoms with Crippen LogP contribution in [-0.4, -0.2) is 25.3 Å². The van der Waals surface area contributed by atoms with Crippen molar-refractivity contribution in [2.45, 2.75) is 20.0 Å². The van der Waals surface area contributed by atoms with E-state index in [4.69, 9.17) is 9.47 Å². The lowest BCUT2D eigenvalue weighted by molar-refractivity contribution is 0.0955. The van der Waals surface area contributed by atoms with Crippen molar-refractivity contribution in [3.63, 3.8) is 0 Å². The molecule has 1 N–H and O–H groups in total. The Hall–Kier alpha value is -2.82. The van der Waals surface area contributed by atoms with Crippen LogP contribution in [0.1, 0.15) is 29.8 Å². The summed E-state index contributed by atoms with van der Waals surface area (Å²) in [5, 5.41) is 3.96. The van der Waals surface area contributed by atoms with E-state index in [1.807, 2.05) is 38.1 Å². The van der Waals surface area contributed by atoms with Crippen molar-refractivity contribution in [3.8, 4) is 11.5 Å². The van der Waals surface area contributed by atoms with Gasteiger partial charge in [-0.25, -0.2) is 5.43 Å². The van der Waals surface area contributed by atoms with Crippen LogP contribution in [0.25, 0.3) is 0 Å². The third-order valence-electron chi connectivity index (χ3n) is 2.96. The number of ether oxygens (including phenoxy) is 2. The van der Waals surface area contributed by atoms with E-state index >= 15 is 0 Å². The molecule has 5 heteroatoms. The minimum absolute atomic E-state index is 0.136. The molecule has 0 spiro atoms. The first-order valence-corrected chi connectivity index (χ1v) is 7.32. The summed E-state index contributed by atoms with van der Waals surface area (Å²) in [7, 11) is 1.56. The molecule has 0 aromatic heterocycles. The van der Waals surface area contributed by atoms with Crippen LogP contribution in [0.2, 0.25) is 0 Å². The maximum atomic E-state index is 12.0. The fraction of sp³-hybridized carbons (Fsp3) is 0.222. The summed E-state index contributed by atoms with van der Waals surface area (Å²) in [4.78, 5) is 12.0. The molecule has 120 valence electrons. The minimum Gasteiger partial charge on any atom is -0.497 e. The minimum atomic E-state index is -0.292. The number of nitrogens with one attached hydrogen (secondary N) is 1. The molecular weight excluding hydrogens is 292 g/mol. The highest BCUT2D eigenvalue weighted by molar-refractivity contribution is 5.95. The highest BCUT2D eigenvalue weighted by Crippen LogP contribution is 2.13. The molecule has 0 fully saturated rings. The van der Waals surface area contributed by atoms with Crippen molar-refractivity contribution < 1.29 is 14.3 Å². The van der Waals surface area contributed by atoms with Gasteiger partial charge in [-0.05, 0) is 61.9 Å². The third kappa shape index (κ3) is 5.14. The molecule has 0 bridgehead atoms. The smallest absolute Gasteiger partial charge is 0.271 e. The second kappa shape index (κ2) is 7.98. The van der Waals surface area contributed by atoms with Gasteiger partial charge in [-0.15, -0.1) is 0 Å². The molecule has 0 unspecified atom stereocenters. The van der Waals surface area contributed by atoms with Crippen molar-refractivity contribution in [3.05, 3.63) is 59.7 Å². The van der Waals surface area contributed by atoms with E-state index in [9.17, 15) is 4.79 Å². The van der Waals surface area contributed by atoms with Gasteiger partial charge in [0, 0.05) is 5.56 Å². The summed E-state index contributed by atoms with van der Waals surface area (Å²) in [5.41, 5.74) is 3.85. The van der Waals surface area contributed by atoms with E-state index in [-0.39, 0.29) is 12.0 Å². The average Bonchev–Trinajstić information content (AvgIpc) is 2.56. The van der Waals surface area contributed by atoms with Crippen molar-refractivity contribution in [2.24, 2.45) is 5.10 Å². The van der Waals surface area contributed by atoms with Crippen molar-refractivity contribution >= 4 is 12.1 Å². The molecule has 1 amide bonds. The van der Waals surface area contributed by atoms with Crippen molar-refractivity contribution in [1.29, 1.82) is 0 Å². The molecule has 0 saturated carbocycles. The zero-order chi connectivity index (χ0) is 16.7. The van der Waals surface area contributed by atoms with Gasteiger partial charge in [0.15, 0.2) is 0 Å². The lowest BCUT2D eigenvalue weighted by Gasteiger charge is -2.09. The Balaban J connectivity index is 1.94. The summed E-state index contributed by atoms with van der Waals surface area (Å²) in [5.74, 6) is 1.14. The molecule has 0 saturated heterocycles. The van der Waals surface area contributed by atoms with Gasteiger partial charge in [0.2, 0.25) is 0 Å². The Morgan fingerprint density at radius 2 is 1.87 bits per heavy atom. The first-order chi connectivity index (χ1) is 11.1. The normalized spacial score (nSPS) is 10.8. The molecule has 0 atom stereocenters. The second-order valence-corrected chi connectivity index (χ2v) is 5.17. The summed E-state index contributed by atoms with van der Waals surface area (Å²) < 4.78 is 10.7. The lowest BCUT2D eigenvalue weighted by atomic mass is 10.2. The van der Waals surface area contributed by atoms with Crippen LogP contribution in [0.5, 0.6) is 11.5 Å². The van der Waals surface area contributed by atoms with Gasteiger partial charge in [-0.3, -0.25) is 4.79 Å². The summed E-state index contributed by atoms with van der Waals surface area (Å²) in [6.07, 6.45) is 1.72. The lowest BCUT2D eigenvalue weighted by Crippen LogP contribution is -2.17. The van der Waals surface area contributed by atoms with Crippen LogP contribution in [0, 0.1) is 0 Å². The largest absolute Gasteiger partial charge is 0.497 e. The number of hydrogen-bond donors (Lipinski definition) is 1. The predicted molar refractivity (Wildman–Crippen MR) is 90.3 cm³/mol. The quantitative estimate of drug-likeness (QED) is 0.658. The van der Waals surface area contributed by atoms with Crippen LogP contribution in [-0.2, 0) is 0 Å². The standard InChI is InChI=1S/C18H20N2O3/c1-13(2)23-16-9-7-14(8-10-16)12-19-20-18(21)15-5-4-6-17(11-15)22-3/h4-13H,1-3H3,(H,20,21)/b19-12+. The monoisotopic (exact) mass is 312 g/mol. The van der Waals surface area contributed by atoms with E-state index in [0.29, 0.717) is 11.3 Å². The number of benzene rings is 2. The molecule has 2 aromatic carbocycles. The number of hydrazone groups is 1. The Morgan fingerprint density at radius 1 is 1.13 bits per heavy atom. The van der Waals surface area contributed by atoms with Crippen LogP contribution in [0.4, 0.5) is 0 Å². The second-order valence-electron chi connectivity index (χ2n) is 5.17. The van der Waals surface area contributed by atoms with E-state index < -0.39 is 0 Å². The number of rotatable bonds is 6. The fourth-order valence-electron chi connectivity index (χ4n) is 1.90. The topological polar surface area (TPSA) is 59.9 Å². The zero-order valence-corrected chi connectivity index (χ0v) is 13.4. The van der Waals surface area contributed by atoms with Gasteiger partial charge in [-0.2, -0.15) is 5.10 Å². The first-order valence-electron chi connectivity index (χ1n) is 7.32. The number of nitrogens with zero attached hydrogens (tertiary/aromatic N) is 1.